The van der Waals surface area contributed by atoms with Crippen molar-refractivity contribution in [3.63, 3.8) is 0 Å². The summed E-state index contributed by atoms with van der Waals surface area (Å²) in [6.45, 7) is 18.9. The van der Waals surface area contributed by atoms with Crippen LogP contribution in [0, 0.1) is 11.3 Å². The highest BCUT2D eigenvalue weighted by atomic mass is 16.5. The van der Waals surface area contributed by atoms with Crippen molar-refractivity contribution >= 4 is 23.4 Å². The minimum Gasteiger partial charge on any atom is -0.368 e. The van der Waals surface area contributed by atoms with Crippen LogP contribution in [0.2, 0.25) is 0 Å². The third-order valence-electron chi connectivity index (χ3n) is 6.60. The van der Waals surface area contributed by atoms with Gasteiger partial charge in [0, 0.05) is 32.9 Å². The van der Waals surface area contributed by atoms with Gasteiger partial charge in [0.15, 0.2) is 12.0 Å². The molecule has 0 aromatic carbocycles. The Labute approximate surface area is 215 Å². The van der Waals surface area contributed by atoms with Crippen LogP contribution in [-0.4, -0.2) is 64.9 Å². The molecular formula is C27H43N7O2. The predicted molar refractivity (Wildman–Crippen MR) is 146 cm³/mol. The van der Waals surface area contributed by atoms with Gasteiger partial charge in [-0.2, -0.15) is 0 Å². The fraction of sp³-hybridized carbons (Fsp3) is 0.630. The number of carbonyl (C=O) groups excluding carboxylic acids is 1. The molecular weight excluding hydrogens is 454 g/mol. The van der Waals surface area contributed by atoms with E-state index in [9.17, 15) is 4.79 Å². The normalized spacial score (nSPS) is 19.6. The van der Waals surface area contributed by atoms with Gasteiger partial charge in [0.1, 0.15) is 12.3 Å². The number of guanidine groups is 1. The summed E-state index contributed by atoms with van der Waals surface area (Å²) in [6, 6.07) is 0. The molecule has 2 aliphatic rings. The number of hydrogen-bond donors (Lipinski definition) is 2. The number of fused-ring (bicyclic) bond motifs is 1. The van der Waals surface area contributed by atoms with Crippen molar-refractivity contribution in [3.05, 3.63) is 35.8 Å². The topological polar surface area (TPSA) is 96.1 Å². The van der Waals surface area contributed by atoms with Gasteiger partial charge in [-0.25, -0.2) is 9.98 Å². The van der Waals surface area contributed by atoms with Crippen molar-refractivity contribution in [2.75, 3.05) is 32.1 Å². The van der Waals surface area contributed by atoms with Gasteiger partial charge >= 0.3 is 0 Å². The van der Waals surface area contributed by atoms with Gasteiger partial charge in [0.25, 0.3) is 0 Å². The number of hydrogen-bond acceptors (Lipinski definition) is 7. The number of likely N-dealkylation sites (N-methyl/N-ethyl adjacent to an activating group) is 1. The Hall–Kier alpha value is -2.94. The minimum atomic E-state index is -0.397. The monoisotopic (exact) mass is 497 g/mol. The Balaban J connectivity index is 1.88. The van der Waals surface area contributed by atoms with E-state index in [0.717, 1.165) is 54.7 Å². The lowest BCUT2D eigenvalue weighted by Crippen LogP contribution is -2.45. The van der Waals surface area contributed by atoms with E-state index in [2.05, 4.69) is 74.7 Å². The highest BCUT2D eigenvalue weighted by Crippen LogP contribution is 2.34. The molecule has 1 saturated heterocycles. The molecule has 3 heterocycles. The molecule has 36 heavy (non-hydrogen) atoms. The number of likely N-dealkylation sites (tertiary alicyclic amines) is 1. The number of aliphatic imine (C=N–C) groups is 2. The first kappa shape index (κ1) is 27.6. The van der Waals surface area contributed by atoms with E-state index in [4.69, 9.17) is 14.7 Å². The first-order valence-electron chi connectivity index (χ1n) is 12.8. The van der Waals surface area contributed by atoms with Crippen molar-refractivity contribution in [2.24, 2.45) is 28.4 Å². The SMILES string of the molecule is C=C(C)/C(=C\C(=NC1N=C(N2CCC(OCC(=O)NC)CC2)Nc2ncn(C)c21)C(C)C)C(C)(C)C. The summed E-state index contributed by atoms with van der Waals surface area (Å²) in [5.74, 6) is 1.69. The molecule has 1 amide bonds. The van der Waals surface area contributed by atoms with Crippen LogP contribution in [-0.2, 0) is 16.6 Å². The van der Waals surface area contributed by atoms with Crippen molar-refractivity contribution in [3.8, 4) is 0 Å². The number of ether oxygens (including phenoxy) is 1. The van der Waals surface area contributed by atoms with Crippen molar-refractivity contribution in [2.45, 2.75) is 66.7 Å². The van der Waals surface area contributed by atoms with Gasteiger partial charge < -0.3 is 24.8 Å². The number of imidazole rings is 1. The van der Waals surface area contributed by atoms with Gasteiger partial charge in [0.05, 0.1) is 12.4 Å². The van der Waals surface area contributed by atoms with E-state index >= 15 is 0 Å². The average molecular weight is 498 g/mol. The van der Waals surface area contributed by atoms with E-state index in [-0.39, 0.29) is 30.0 Å². The van der Waals surface area contributed by atoms with Crippen LogP contribution in [0.25, 0.3) is 0 Å². The summed E-state index contributed by atoms with van der Waals surface area (Å²) in [6.07, 6.45) is 5.32. The molecule has 2 aliphatic heterocycles. The van der Waals surface area contributed by atoms with Crippen molar-refractivity contribution in [1.29, 1.82) is 0 Å². The molecule has 0 spiro atoms. The fourth-order valence-corrected chi connectivity index (χ4v) is 4.53. The highest BCUT2D eigenvalue weighted by molar-refractivity contribution is 5.99. The third kappa shape index (κ3) is 6.63. The van der Waals surface area contributed by atoms with Crippen LogP contribution < -0.4 is 10.6 Å². The summed E-state index contributed by atoms with van der Waals surface area (Å²) in [7, 11) is 3.60. The molecule has 1 fully saturated rings. The summed E-state index contributed by atoms with van der Waals surface area (Å²) in [5.41, 5.74) is 4.14. The Bertz CT molecular complexity index is 1050. The smallest absolute Gasteiger partial charge is 0.245 e. The molecule has 1 aromatic heterocycles. The maximum Gasteiger partial charge on any atom is 0.245 e. The average Bonchev–Trinajstić information content (AvgIpc) is 3.19. The third-order valence-corrected chi connectivity index (χ3v) is 6.60. The number of aromatic nitrogens is 2. The van der Waals surface area contributed by atoms with Crippen molar-refractivity contribution < 1.29 is 9.53 Å². The number of amides is 1. The van der Waals surface area contributed by atoms with E-state index in [0.29, 0.717) is 0 Å². The van der Waals surface area contributed by atoms with E-state index in [1.54, 1.807) is 13.4 Å². The molecule has 0 bridgehead atoms. The fourth-order valence-electron chi connectivity index (χ4n) is 4.53. The number of allylic oxidation sites excluding steroid dienone is 3. The van der Waals surface area contributed by atoms with Gasteiger partial charge in [-0.15, -0.1) is 0 Å². The van der Waals surface area contributed by atoms with Gasteiger partial charge in [-0.3, -0.25) is 9.79 Å². The first-order valence-corrected chi connectivity index (χ1v) is 12.8. The lowest BCUT2D eigenvalue weighted by molar-refractivity contribution is -0.128. The maximum atomic E-state index is 11.5. The van der Waals surface area contributed by atoms with Crippen LogP contribution in [0.4, 0.5) is 5.82 Å². The second kappa shape index (κ2) is 11.4. The van der Waals surface area contributed by atoms with Crippen molar-refractivity contribution in [1.82, 2.24) is 19.8 Å². The van der Waals surface area contributed by atoms with Gasteiger partial charge in [0.2, 0.25) is 11.9 Å². The quantitative estimate of drug-likeness (QED) is 0.437. The Morgan fingerprint density at radius 3 is 2.58 bits per heavy atom. The lowest BCUT2D eigenvalue weighted by atomic mass is 9.81. The second-order valence-corrected chi connectivity index (χ2v) is 11.0. The molecule has 1 aromatic rings. The molecule has 0 radical (unpaired) electrons. The zero-order valence-corrected chi connectivity index (χ0v) is 23.2. The Kier molecular flexibility index (Phi) is 8.76. The minimum absolute atomic E-state index is 0.0358. The van der Waals surface area contributed by atoms with Crippen LogP contribution in [0.15, 0.2) is 40.1 Å². The summed E-state index contributed by atoms with van der Waals surface area (Å²) >= 11 is 0. The zero-order valence-electron chi connectivity index (χ0n) is 23.2. The molecule has 3 rings (SSSR count). The van der Waals surface area contributed by atoms with E-state index in [1.165, 1.54) is 5.57 Å². The largest absolute Gasteiger partial charge is 0.368 e. The Morgan fingerprint density at radius 2 is 2.03 bits per heavy atom. The number of nitrogens with zero attached hydrogens (tertiary/aromatic N) is 5. The maximum absolute atomic E-state index is 11.5. The van der Waals surface area contributed by atoms with E-state index in [1.807, 2.05) is 11.6 Å². The van der Waals surface area contributed by atoms with Gasteiger partial charge in [-0.1, -0.05) is 46.8 Å². The standard InChI is InChI=1S/C27H43N7O2/c1-17(2)20(27(5,6)7)14-21(18(3)4)30-25-23-24(29-16-33(23)9)31-26(32-25)34-12-10-19(11-13-34)36-15-22(35)28-8/h14,16,18-19,25H,1,10-13,15H2,2-9H3,(H,28,35)(H,31,32)/b20-14+,30-21?. The van der Waals surface area contributed by atoms with E-state index < -0.39 is 6.17 Å². The number of piperidine rings is 1. The first-order chi connectivity index (χ1) is 16.9. The predicted octanol–water partition coefficient (Wildman–Crippen LogP) is 4.07. The highest BCUT2D eigenvalue weighted by Gasteiger charge is 2.31. The number of anilines is 1. The van der Waals surface area contributed by atoms with Crippen LogP contribution in [0.5, 0.6) is 0 Å². The molecule has 0 aliphatic carbocycles. The van der Waals surface area contributed by atoms with Crippen LogP contribution in [0.3, 0.4) is 0 Å². The number of nitrogens with one attached hydrogen (secondary N) is 2. The molecule has 2 N–H and O–H groups in total. The molecule has 9 heteroatoms. The molecule has 9 nitrogen and oxygen atoms in total. The van der Waals surface area contributed by atoms with Gasteiger partial charge in [-0.05, 0) is 42.7 Å². The molecule has 0 saturated carbocycles. The summed E-state index contributed by atoms with van der Waals surface area (Å²) < 4.78 is 7.75. The Morgan fingerprint density at radius 1 is 1.36 bits per heavy atom. The number of carbonyl (C=O) groups is 1. The number of aryl methyl sites for hydroxylation is 1. The molecule has 1 atom stereocenters. The van der Waals surface area contributed by atoms with Crippen LogP contribution >= 0.6 is 0 Å². The summed E-state index contributed by atoms with van der Waals surface area (Å²) in [5, 5.41) is 6.01. The molecule has 1 unspecified atom stereocenters. The van der Waals surface area contributed by atoms with Crippen LogP contribution in [0.1, 0.15) is 66.2 Å². The summed E-state index contributed by atoms with van der Waals surface area (Å²) in [4.78, 5) is 28.5. The second-order valence-electron chi connectivity index (χ2n) is 11.0. The lowest BCUT2D eigenvalue weighted by Gasteiger charge is -2.35. The molecule has 198 valence electrons. The number of rotatable bonds is 7. The zero-order chi connectivity index (χ0) is 26.6.